The van der Waals surface area contributed by atoms with E-state index in [9.17, 15) is 0 Å². The molecule has 0 amide bonds. The van der Waals surface area contributed by atoms with Crippen LogP contribution in [0.5, 0.6) is 0 Å². The van der Waals surface area contributed by atoms with E-state index in [1.165, 1.54) is 0 Å². The molecule has 0 aliphatic heterocycles. The number of hydrogen-bond donors (Lipinski definition) is 0. The highest BCUT2D eigenvalue weighted by molar-refractivity contribution is 6.06. The number of fused-ring (bicyclic) bond motifs is 7. The molecule has 0 radical (unpaired) electrons. The van der Waals surface area contributed by atoms with Gasteiger partial charge >= 0.3 is 0 Å². The number of nitrogens with zero attached hydrogens (tertiary/aromatic N) is 6. The lowest BCUT2D eigenvalue weighted by Gasteiger charge is -2.13. The summed E-state index contributed by atoms with van der Waals surface area (Å²) < 4.78 is 10.8. The van der Waals surface area contributed by atoms with Gasteiger partial charge < -0.3 is 4.42 Å². The first-order valence-corrected chi connectivity index (χ1v) is 14.1. The molecule has 7 nitrogen and oxygen atoms in total. The van der Waals surface area contributed by atoms with E-state index < -0.39 is 0 Å². The topological polar surface area (TPSA) is 74.0 Å². The zero-order valence-electron chi connectivity index (χ0n) is 22.8. The molecule has 0 aliphatic carbocycles. The van der Waals surface area contributed by atoms with Gasteiger partial charge in [-0.25, -0.2) is 24.3 Å². The standard InChI is InChI=1S/C36H22N6O/c1-3-13-23(14-4-1)32-38-33(24-15-5-2-6-16-24)40-34(39-32)25-17-7-10-20-28(25)41-31-26-18-8-12-22-30(26)43-35(31)42-29-21-11-9-19-27(29)37-36(41)42/h1-22H. The predicted octanol–water partition coefficient (Wildman–Crippen LogP) is 8.36. The molecule has 0 bridgehead atoms. The Morgan fingerprint density at radius 3 is 1.88 bits per heavy atom. The lowest BCUT2D eigenvalue weighted by atomic mass is 10.1. The molecule has 0 saturated heterocycles. The smallest absolute Gasteiger partial charge is 0.232 e. The summed E-state index contributed by atoms with van der Waals surface area (Å²) in [6.45, 7) is 0. The molecular formula is C36H22N6O. The normalized spacial score (nSPS) is 11.7. The fourth-order valence-corrected chi connectivity index (χ4v) is 5.87. The van der Waals surface area contributed by atoms with Gasteiger partial charge in [-0.15, -0.1) is 0 Å². The number of furan rings is 1. The van der Waals surface area contributed by atoms with Gasteiger partial charge in [0.25, 0.3) is 0 Å². The number of benzene rings is 5. The van der Waals surface area contributed by atoms with Crippen molar-refractivity contribution >= 4 is 39.0 Å². The molecule has 0 spiro atoms. The first-order chi connectivity index (χ1) is 21.3. The fraction of sp³-hybridized carbons (Fsp3) is 0. The van der Waals surface area contributed by atoms with Crippen LogP contribution in [0.3, 0.4) is 0 Å². The van der Waals surface area contributed by atoms with Crippen molar-refractivity contribution in [2.75, 3.05) is 0 Å². The highest BCUT2D eigenvalue weighted by atomic mass is 16.3. The van der Waals surface area contributed by atoms with Crippen LogP contribution in [0.15, 0.2) is 138 Å². The van der Waals surface area contributed by atoms with Gasteiger partial charge in [0.15, 0.2) is 17.5 Å². The molecule has 4 heterocycles. The molecular weight excluding hydrogens is 532 g/mol. The average molecular weight is 555 g/mol. The van der Waals surface area contributed by atoms with Crippen LogP contribution in [0.25, 0.3) is 78.9 Å². The monoisotopic (exact) mass is 554 g/mol. The van der Waals surface area contributed by atoms with E-state index in [-0.39, 0.29) is 0 Å². The van der Waals surface area contributed by atoms with Crippen LogP contribution in [0.2, 0.25) is 0 Å². The van der Waals surface area contributed by atoms with Crippen molar-refractivity contribution in [3.8, 4) is 39.9 Å². The van der Waals surface area contributed by atoms with Gasteiger partial charge in [-0.1, -0.05) is 97.1 Å². The molecule has 0 fully saturated rings. The number of aromatic nitrogens is 6. The predicted molar refractivity (Wildman–Crippen MR) is 169 cm³/mol. The van der Waals surface area contributed by atoms with E-state index in [0.717, 1.165) is 61.4 Å². The van der Waals surface area contributed by atoms with E-state index in [2.05, 4.69) is 33.2 Å². The van der Waals surface area contributed by atoms with Gasteiger partial charge in [-0.2, -0.15) is 0 Å². The maximum atomic E-state index is 6.49. The van der Waals surface area contributed by atoms with Crippen molar-refractivity contribution in [3.05, 3.63) is 133 Å². The number of rotatable bonds is 4. The summed E-state index contributed by atoms with van der Waals surface area (Å²) in [6, 6.07) is 44.5. The molecule has 0 saturated carbocycles. The summed E-state index contributed by atoms with van der Waals surface area (Å²) in [5.41, 5.74) is 7.97. The first kappa shape index (κ1) is 23.6. The molecule has 202 valence electrons. The second kappa shape index (κ2) is 9.22. The second-order valence-electron chi connectivity index (χ2n) is 10.4. The van der Waals surface area contributed by atoms with Gasteiger partial charge in [0.2, 0.25) is 11.5 Å². The minimum atomic E-state index is 0.576. The van der Waals surface area contributed by atoms with Crippen molar-refractivity contribution in [2.24, 2.45) is 0 Å². The highest BCUT2D eigenvalue weighted by Crippen LogP contribution is 2.38. The molecule has 7 heteroatoms. The van der Waals surface area contributed by atoms with Crippen LogP contribution in [-0.2, 0) is 0 Å². The van der Waals surface area contributed by atoms with E-state index in [1.54, 1.807) is 0 Å². The van der Waals surface area contributed by atoms with Crippen molar-refractivity contribution in [3.63, 3.8) is 0 Å². The van der Waals surface area contributed by atoms with E-state index in [1.807, 2.05) is 109 Å². The second-order valence-corrected chi connectivity index (χ2v) is 10.4. The third kappa shape index (κ3) is 3.62. The molecule has 0 N–H and O–H groups in total. The summed E-state index contributed by atoms with van der Waals surface area (Å²) in [4.78, 5) is 20.1. The van der Waals surface area contributed by atoms with Crippen LogP contribution >= 0.6 is 0 Å². The van der Waals surface area contributed by atoms with Gasteiger partial charge in [0, 0.05) is 22.1 Å². The summed E-state index contributed by atoms with van der Waals surface area (Å²) in [5.74, 6) is 2.56. The Balaban J connectivity index is 1.38. The van der Waals surface area contributed by atoms with Gasteiger partial charge in [-0.3, -0.25) is 4.57 Å². The van der Waals surface area contributed by atoms with Crippen LogP contribution in [0, 0.1) is 0 Å². The Bertz CT molecular complexity index is 2400. The lowest BCUT2D eigenvalue weighted by molar-refractivity contribution is 0.651. The first-order valence-electron chi connectivity index (χ1n) is 14.1. The molecule has 5 aromatic carbocycles. The number of para-hydroxylation sites is 4. The lowest BCUT2D eigenvalue weighted by Crippen LogP contribution is -2.04. The van der Waals surface area contributed by atoms with E-state index in [0.29, 0.717) is 17.5 Å². The maximum absolute atomic E-state index is 6.49. The molecule has 0 aliphatic rings. The summed E-state index contributed by atoms with van der Waals surface area (Å²) >= 11 is 0. The van der Waals surface area contributed by atoms with Gasteiger partial charge in [0.1, 0.15) is 11.1 Å². The summed E-state index contributed by atoms with van der Waals surface area (Å²) in [6.07, 6.45) is 0. The Labute approximate surface area is 245 Å². The maximum Gasteiger partial charge on any atom is 0.232 e. The van der Waals surface area contributed by atoms with Gasteiger partial charge in [0.05, 0.1) is 16.7 Å². The van der Waals surface area contributed by atoms with Crippen molar-refractivity contribution in [1.82, 2.24) is 28.9 Å². The Morgan fingerprint density at radius 2 is 1.12 bits per heavy atom. The van der Waals surface area contributed by atoms with Crippen LogP contribution in [0.1, 0.15) is 0 Å². The van der Waals surface area contributed by atoms with Crippen molar-refractivity contribution < 1.29 is 4.42 Å². The SMILES string of the molecule is c1ccc(-c2nc(-c3ccccc3)nc(-c3ccccc3-n3c4c5ccccc5oc4n4c5ccccc5nc34)n2)cc1. The number of hydrogen-bond acceptors (Lipinski definition) is 5. The molecule has 0 atom stereocenters. The van der Waals surface area contributed by atoms with Crippen molar-refractivity contribution in [1.29, 1.82) is 0 Å². The van der Waals surface area contributed by atoms with Crippen LogP contribution in [0.4, 0.5) is 0 Å². The third-order valence-corrected chi connectivity index (χ3v) is 7.81. The minimum absolute atomic E-state index is 0.576. The van der Waals surface area contributed by atoms with Crippen LogP contribution < -0.4 is 0 Å². The van der Waals surface area contributed by atoms with Crippen molar-refractivity contribution in [2.45, 2.75) is 0 Å². The molecule has 9 rings (SSSR count). The Kier molecular flexibility index (Phi) is 5.06. The van der Waals surface area contributed by atoms with Crippen LogP contribution in [-0.4, -0.2) is 28.9 Å². The van der Waals surface area contributed by atoms with E-state index >= 15 is 0 Å². The third-order valence-electron chi connectivity index (χ3n) is 7.81. The summed E-state index contributed by atoms with van der Waals surface area (Å²) in [7, 11) is 0. The number of imidazole rings is 2. The molecule has 0 unspecified atom stereocenters. The largest absolute Gasteiger partial charge is 0.437 e. The Morgan fingerprint density at radius 1 is 0.512 bits per heavy atom. The zero-order valence-corrected chi connectivity index (χ0v) is 22.8. The molecule has 9 aromatic rings. The summed E-state index contributed by atoms with van der Waals surface area (Å²) in [5, 5.41) is 1.01. The zero-order chi connectivity index (χ0) is 28.3. The minimum Gasteiger partial charge on any atom is -0.437 e. The Hall–Kier alpha value is -6.08. The average Bonchev–Trinajstić information content (AvgIpc) is 3.73. The highest BCUT2D eigenvalue weighted by Gasteiger charge is 2.25. The quantitative estimate of drug-likeness (QED) is 0.219. The molecule has 43 heavy (non-hydrogen) atoms. The molecule has 4 aromatic heterocycles. The fourth-order valence-electron chi connectivity index (χ4n) is 5.87. The van der Waals surface area contributed by atoms with Gasteiger partial charge in [-0.05, 0) is 36.4 Å². The van der Waals surface area contributed by atoms with E-state index in [4.69, 9.17) is 24.4 Å².